The van der Waals surface area contributed by atoms with Crippen LogP contribution >= 0.6 is 0 Å². The van der Waals surface area contributed by atoms with E-state index < -0.39 is 0 Å². The normalized spacial score (nSPS) is 46.6. The Morgan fingerprint density at radius 3 is 0.659 bits per heavy atom. The van der Waals surface area contributed by atoms with Crippen LogP contribution < -0.4 is 9.80 Å². The molecule has 32 aliphatic carbocycles. The summed E-state index contributed by atoms with van der Waals surface area (Å²) in [6.07, 6.45) is 64.7. The summed E-state index contributed by atoms with van der Waals surface area (Å²) in [5, 5.41) is 5.94. The summed E-state index contributed by atoms with van der Waals surface area (Å²) in [4.78, 5) is 6.43. The smallest absolute Gasteiger partial charge is 0.0620 e. The van der Waals surface area contributed by atoms with Gasteiger partial charge in [-0.05, 0) is 604 Å². The zero-order chi connectivity index (χ0) is 81.3. The van der Waals surface area contributed by atoms with Crippen molar-refractivity contribution in [3.8, 4) is 11.1 Å². The molecule has 2 nitrogen and oxygen atoms in total. The van der Waals surface area contributed by atoms with E-state index in [1.54, 1.807) is 61.6 Å². The van der Waals surface area contributed by atoms with Crippen LogP contribution in [0.3, 0.4) is 0 Å². The topological polar surface area (TPSA) is 6.48 Å². The van der Waals surface area contributed by atoms with Gasteiger partial charge in [0, 0.05) is 44.3 Å². The molecule has 0 atom stereocenters. The Morgan fingerprint density at radius 1 is 0.175 bits per heavy atom. The van der Waals surface area contributed by atoms with Gasteiger partial charge in [-0.25, -0.2) is 0 Å². The Morgan fingerprint density at radius 2 is 0.397 bits per heavy atom. The lowest BCUT2D eigenvalue weighted by atomic mass is 9.46. The highest BCUT2D eigenvalue weighted by Gasteiger charge is 2.61. The van der Waals surface area contributed by atoms with E-state index in [-0.39, 0.29) is 21.7 Å². The molecule has 2 heteroatoms. The third-order valence-corrected chi connectivity index (χ3v) is 46.4. The standard InChI is InChI=1S/C124H144N2/c1-2-6-89(7-3-1)90-10-11-113-114(50-90)120(126(108-48-101(117-95-36-73-14-74(38-95)39-96(117)37-73)45-102(49-108)118-97-40-75-15-76(42-97)43-98(118)41-75)110-55-105(123-63-83-22-84(64-123)24-85(23-83)65-123)52-106(56-110)124-66-86-25-87(67-124)27-88(26-86)68-124)112-9-5-4-8-111(112)119(113)125(107-46-99(115-91-28-69-12-70(30-91)31-92(115)29-69)44-100(47-107)116-93-32-71-13-72(34-93)35-94(116)33-71)109-53-103(121-57-77-16-78(58-121)18-79(17-77)59-121)51-104(54-109)122-60-80-19-81(61-122)21-82(20-80)62-122/h1-11,44-56,69-88,91-98,115-118H,12-43,57-68H2. The maximum absolute atomic E-state index is 3.22. The Hall–Kier alpha value is -6.12. The first-order valence-electron chi connectivity index (χ1n) is 55.1. The monoisotopic (exact) mass is 1660 g/mol. The van der Waals surface area contributed by atoms with Crippen LogP contribution in [0.5, 0.6) is 0 Å². The van der Waals surface area contributed by atoms with Gasteiger partial charge in [-0.15, -0.1) is 0 Å². The highest BCUT2D eigenvalue weighted by atomic mass is 15.2. The van der Waals surface area contributed by atoms with Crippen LogP contribution in [0.2, 0.25) is 0 Å². The maximum Gasteiger partial charge on any atom is 0.0620 e. The number of hydrogen-bond acceptors (Lipinski definition) is 2. The van der Waals surface area contributed by atoms with Gasteiger partial charge >= 0.3 is 0 Å². The number of fused-ring (bicyclic) bond motifs is 2. The molecule has 0 amide bonds. The fourth-order valence-electron chi connectivity index (χ4n) is 45.0. The molecule has 32 bridgehead atoms. The summed E-state index contributed by atoms with van der Waals surface area (Å²) in [5.74, 6) is 27.4. The summed E-state index contributed by atoms with van der Waals surface area (Å²) < 4.78 is 0. The van der Waals surface area contributed by atoms with E-state index in [9.17, 15) is 0 Å². The summed E-state index contributed by atoms with van der Waals surface area (Å²) in [5.41, 5.74) is 27.2. The molecule has 0 spiro atoms. The zero-order valence-electron chi connectivity index (χ0n) is 76.3. The van der Waals surface area contributed by atoms with Gasteiger partial charge in [0.05, 0.1) is 11.4 Å². The molecule has 40 rings (SSSR count). The summed E-state index contributed by atoms with van der Waals surface area (Å²) in [7, 11) is 0. The number of hydrogen-bond donors (Lipinski definition) is 0. The molecule has 0 saturated heterocycles. The molecule has 0 heterocycles. The predicted molar refractivity (Wildman–Crippen MR) is 515 cm³/mol. The molecule has 650 valence electrons. The fourth-order valence-corrected chi connectivity index (χ4v) is 45.0. The van der Waals surface area contributed by atoms with Crippen LogP contribution in [0.15, 0.2) is 146 Å². The Labute approximate surface area is 755 Å². The highest BCUT2D eigenvalue weighted by molar-refractivity contribution is 6.24. The lowest BCUT2D eigenvalue weighted by Gasteiger charge is -2.59. The van der Waals surface area contributed by atoms with Crippen molar-refractivity contribution in [2.24, 2.45) is 166 Å². The first kappa shape index (κ1) is 74.4. The zero-order valence-corrected chi connectivity index (χ0v) is 76.3. The van der Waals surface area contributed by atoms with Crippen molar-refractivity contribution in [3.05, 3.63) is 190 Å². The molecule has 126 heavy (non-hydrogen) atoms. The minimum atomic E-state index is 0.247. The van der Waals surface area contributed by atoms with Crippen molar-refractivity contribution in [2.75, 3.05) is 9.80 Å². The van der Waals surface area contributed by atoms with Crippen LogP contribution in [-0.2, 0) is 21.7 Å². The van der Waals surface area contributed by atoms with Gasteiger partial charge in [0.15, 0.2) is 0 Å². The molecule has 0 aliphatic heterocycles. The lowest BCUT2D eigenvalue weighted by molar-refractivity contribution is -0.00856. The second kappa shape index (κ2) is 26.9. The molecule has 32 aliphatic rings. The van der Waals surface area contributed by atoms with Crippen LogP contribution in [0.4, 0.5) is 34.1 Å². The lowest BCUT2D eigenvalue weighted by Crippen LogP contribution is -2.50. The molecule has 0 N–H and O–H groups in total. The summed E-state index contributed by atoms with van der Waals surface area (Å²) >= 11 is 0. The quantitative estimate of drug-likeness (QED) is 0.0746. The largest absolute Gasteiger partial charge is 0.309 e. The van der Waals surface area contributed by atoms with Crippen LogP contribution in [0.25, 0.3) is 32.7 Å². The first-order chi connectivity index (χ1) is 61.8. The minimum absolute atomic E-state index is 0.247. The molecule has 0 radical (unpaired) electrons. The van der Waals surface area contributed by atoms with Crippen molar-refractivity contribution in [3.63, 3.8) is 0 Å². The van der Waals surface area contributed by atoms with E-state index in [1.165, 1.54) is 332 Å². The van der Waals surface area contributed by atoms with Gasteiger partial charge in [-0.1, -0.05) is 91.0 Å². The molecular formula is C124H144N2. The van der Waals surface area contributed by atoms with Gasteiger partial charge in [0.2, 0.25) is 0 Å². The van der Waals surface area contributed by atoms with E-state index in [4.69, 9.17) is 0 Å². The van der Waals surface area contributed by atoms with E-state index in [0.29, 0.717) is 23.7 Å². The second-order valence-electron chi connectivity index (χ2n) is 53.9. The van der Waals surface area contributed by atoms with Gasteiger partial charge in [-0.3, -0.25) is 0 Å². The molecule has 8 aromatic carbocycles. The van der Waals surface area contributed by atoms with Crippen molar-refractivity contribution >= 4 is 55.7 Å². The Kier molecular flexibility index (Phi) is 15.9. The molecular weight excluding hydrogens is 1520 g/mol. The number of nitrogens with zero attached hydrogens (tertiary/aromatic N) is 2. The Bertz CT molecular complexity index is 5300. The third-order valence-electron chi connectivity index (χ3n) is 46.4. The van der Waals surface area contributed by atoms with Gasteiger partial charge in [0.1, 0.15) is 0 Å². The van der Waals surface area contributed by atoms with E-state index in [0.717, 1.165) is 166 Å². The van der Waals surface area contributed by atoms with Gasteiger partial charge in [-0.2, -0.15) is 0 Å². The van der Waals surface area contributed by atoms with E-state index >= 15 is 0 Å². The van der Waals surface area contributed by atoms with Crippen LogP contribution in [0, 0.1) is 166 Å². The molecule has 32 fully saturated rings. The SMILES string of the molecule is c1ccc(-c2ccc3c(N(c4cc(C5C6CC7CC(C6)CC5C7)cc(C5C6CC7CC(C6)CC5C7)c4)c4cc(C56CC7CC(CC(C7)C5)C6)cc(C56CC7CC(CC(C7)C5)C6)c4)c4ccccc4c(N(c4cc(C5C6CC7CC(C6)CC5C7)cc(C5C6CC7CC(C6)CC5C7)c4)c4cc(C56CC7CC(CC(C7)C5)C6)cc(C56CC7CC(CC(C7)C5)C6)c4)c3c2)cc1. The predicted octanol–water partition coefficient (Wildman–Crippen LogP) is 32.6. The van der Waals surface area contributed by atoms with E-state index in [1.807, 2.05) is 0 Å². The minimum Gasteiger partial charge on any atom is -0.309 e. The molecule has 8 aromatic rings. The summed E-state index contributed by atoms with van der Waals surface area (Å²) in [6.45, 7) is 0. The van der Waals surface area contributed by atoms with Crippen molar-refractivity contribution in [1.29, 1.82) is 0 Å². The van der Waals surface area contributed by atoms with Gasteiger partial charge in [0.25, 0.3) is 0 Å². The second-order valence-corrected chi connectivity index (χ2v) is 53.9. The molecule has 0 aromatic heterocycles. The maximum atomic E-state index is 3.22. The van der Waals surface area contributed by atoms with Crippen molar-refractivity contribution in [1.82, 2.24) is 0 Å². The Balaban J connectivity index is 0.694. The number of rotatable bonds is 15. The van der Waals surface area contributed by atoms with Crippen molar-refractivity contribution < 1.29 is 0 Å². The fraction of sp³-hybridized carbons (Fsp3) is 0.645. The van der Waals surface area contributed by atoms with E-state index in [2.05, 4.69) is 155 Å². The first-order valence-corrected chi connectivity index (χ1v) is 55.1. The summed E-state index contributed by atoms with van der Waals surface area (Å²) in [6, 6.07) is 67.5. The van der Waals surface area contributed by atoms with Gasteiger partial charge < -0.3 is 9.80 Å². The number of benzene rings is 8. The average molecular weight is 1660 g/mol. The third kappa shape index (κ3) is 11.3. The van der Waals surface area contributed by atoms with Crippen molar-refractivity contribution in [2.45, 2.75) is 328 Å². The highest BCUT2D eigenvalue weighted by Crippen LogP contribution is 2.72. The molecule has 32 saturated carbocycles. The van der Waals surface area contributed by atoms with Crippen LogP contribution in [-0.4, -0.2) is 0 Å². The average Bonchev–Trinajstić information content (AvgIpc) is 0.704. The molecule has 0 unspecified atom stereocenters. The van der Waals surface area contributed by atoms with Crippen LogP contribution in [0.1, 0.15) is 351 Å². The number of anilines is 6.